The van der Waals surface area contributed by atoms with Gasteiger partial charge in [0, 0.05) is 109 Å². The van der Waals surface area contributed by atoms with E-state index in [9.17, 15) is 32.2 Å². The second-order valence-corrected chi connectivity index (χ2v) is 19.9. The maximum Gasteiger partial charge on any atom is 0.338 e. The predicted molar refractivity (Wildman–Crippen MR) is 262 cm³/mol. The number of hydrogen-bond acceptors (Lipinski definition) is 9. The van der Waals surface area contributed by atoms with Gasteiger partial charge in [0.1, 0.15) is 0 Å². The maximum absolute atomic E-state index is 14.4. The summed E-state index contributed by atoms with van der Waals surface area (Å²) in [5, 5.41) is 24.0. The molecule has 346 valence electrons. The van der Waals surface area contributed by atoms with Gasteiger partial charge in [-0.2, -0.15) is 0 Å². The van der Waals surface area contributed by atoms with Crippen molar-refractivity contribution < 1.29 is 32.2 Å². The Balaban J connectivity index is 0.898. The number of aromatic carboxylic acids is 1. The second kappa shape index (κ2) is 20.3. The number of rotatable bonds is 16. The van der Waals surface area contributed by atoms with Gasteiger partial charge in [0.05, 0.1) is 22.3 Å². The molecule has 0 unspecified atom stereocenters. The molecule has 0 radical (unpaired) electrons. The van der Waals surface area contributed by atoms with Crippen LogP contribution in [-0.4, -0.2) is 97.8 Å². The van der Waals surface area contributed by atoms with E-state index in [1.165, 1.54) is 11.0 Å². The number of thioether (sulfide) groups is 1. The Kier molecular flexibility index (Phi) is 14.4. The molecule has 11 nitrogen and oxygen atoms in total. The van der Waals surface area contributed by atoms with Crippen molar-refractivity contribution >= 4 is 50.5 Å². The van der Waals surface area contributed by atoms with Crippen LogP contribution in [0.2, 0.25) is 0 Å². The molecule has 15 heteroatoms. The number of piperidine rings is 1. The van der Waals surface area contributed by atoms with Crippen LogP contribution >= 0.6 is 11.8 Å². The summed E-state index contributed by atoms with van der Waals surface area (Å²) in [5.41, 5.74) is 6.59. The van der Waals surface area contributed by atoms with Gasteiger partial charge in [-0.3, -0.25) is 4.72 Å². The quantitative estimate of drug-likeness (QED) is 0.0697. The Morgan fingerprint density at radius 2 is 1.48 bits per heavy atom. The maximum atomic E-state index is 14.4. The fourth-order valence-corrected chi connectivity index (χ4v) is 11.1. The van der Waals surface area contributed by atoms with Gasteiger partial charge >= 0.3 is 5.97 Å². The van der Waals surface area contributed by atoms with Crippen LogP contribution in [0.1, 0.15) is 40.9 Å². The lowest BCUT2D eigenvalue weighted by Crippen LogP contribution is -2.46. The molecule has 1 atom stereocenters. The van der Waals surface area contributed by atoms with Crippen LogP contribution in [0.4, 0.5) is 31.5 Å². The monoisotopic (exact) mass is 934 g/mol. The molecular formula is C51H56F2N6O5S2. The molecule has 2 fully saturated rings. The highest BCUT2D eigenvalue weighted by Crippen LogP contribution is 2.40. The molecule has 8 rings (SSSR count). The summed E-state index contributed by atoms with van der Waals surface area (Å²) in [4.78, 5) is 20.9. The first-order valence-electron chi connectivity index (χ1n) is 22.3. The standard InChI is InChI=1S/C51H56F2N6O5S2/c1-34-30-44(17-19-47(34)54-39(33-65-43-10-5-4-6-11-43)20-23-57-24-21-42(60)22-25-57)66(63,64)55-38-13-15-40(16-14-38)58-26-28-59(29-27-58)41-9-7-8-36(31-41)49-48(51(61)62)35(2)56(3)50(49)37-12-18-45(52)46(53)32-37/h4-19,30-32,39,42,54-55,60H,20-29,33H2,1-3H3,(H,61,62)/t39-/m1/s1. The third-order valence-corrected chi connectivity index (χ3v) is 15.3. The van der Waals surface area contributed by atoms with Gasteiger partial charge in [0.2, 0.25) is 0 Å². The first-order chi connectivity index (χ1) is 31.7. The normalized spacial score (nSPS) is 15.5. The lowest BCUT2D eigenvalue weighted by Gasteiger charge is -2.37. The molecule has 2 saturated heterocycles. The Hall–Kier alpha value is -5.87. The number of hydrogen-bond donors (Lipinski definition) is 4. The van der Waals surface area contributed by atoms with E-state index in [4.69, 9.17) is 0 Å². The number of benzene rings is 5. The van der Waals surface area contributed by atoms with Crippen LogP contribution in [0, 0.1) is 25.5 Å². The summed E-state index contributed by atoms with van der Waals surface area (Å²) in [6.45, 7) is 9.05. The van der Waals surface area contributed by atoms with Crippen LogP contribution < -0.4 is 19.8 Å². The van der Waals surface area contributed by atoms with Crippen molar-refractivity contribution in [2.24, 2.45) is 7.05 Å². The molecule has 0 aliphatic carbocycles. The fourth-order valence-electron chi connectivity index (χ4n) is 8.94. The minimum Gasteiger partial charge on any atom is -0.478 e. The predicted octanol–water partition coefficient (Wildman–Crippen LogP) is 9.50. The lowest BCUT2D eigenvalue weighted by molar-refractivity contribution is 0.0696. The molecule has 6 aromatic rings. The molecule has 0 spiro atoms. The molecule has 5 aromatic carbocycles. The Labute approximate surface area is 390 Å². The third-order valence-electron chi connectivity index (χ3n) is 12.8. The van der Waals surface area contributed by atoms with E-state index in [0.29, 0.717) is 59.9 Å². The van der Waals surface area contributed by atoms with Crippen molar-refractivity contribution in [3.8, 4) is 22.4 Å². The SMILES string of the molecule is Cc1cc(S(=O)(=O)Nc2ccc(N3CCN(c4cccc(-c5c(C(=O)O)c(C)n(C)c5-c5ccc(F)c(F)c5)c4)CC3)cc2)ccc1N[C@H](CCN1CCC(O)CC1)CSc1ccccc1. The topological polar surface area (TPSA) is 130 Å². The molecule has 3 heterocycles. The summed E-state index contributed by atoms with van der Waals surface area (Å²) in [7, 11) is -2.16. The zero-order valence-electron chi connectivity index (χ0n) is 37.4. The van der Waals surface area contributed by atoms with Gasteiger partial charge in [-0.1, -0.05) is 30.3 Å². The smallest absolute Gasteiger partial charge is 0.338 e. The molecule has 1 aromatic heterocycles. The molecule has 66 heavy (non-hydrogen) atoms. The van der Waals surface area contributed by atoms with Crippen molar-refractivity contribution in [3.05, 3.63) is 144 Å². The number of carboxylic acids is 1. The number of anilines is 4. The van der Waals surface area contributed by atoms with E-state index in [2.05, 4.69) is 36.9 Å². The number of aryl methyl sites for hydroxylation is 1. The summed E-state index contributed by atoms with van der Waals surface area (Å²) in [6, 6.07) is 34.3. The molecule has 2 aliphatic rings. The van der Waals surface area contributed by atoms with E-state index < -0.39 is 27.6 Å². The van der Waals surface area contributed by atoms with Crippen molar-refractivity contribution in [2.45, 2.75) is 55.0 Å². The third kappa shape index (κ3) is 10.7. The van der Waals surface area contributed by atoms with Crippen molar-refractivity contribution in [1.82, 2.24) is 9.47 Å². The van der Waals surface area contributed by atoms with E-state index in [1.807, 2.05) is 67.6 Å². The van der Waals surface area contributed by atoms with Gasteiger partial charge in [-0.25, -0.2) is 22.0 Å². The summed E-state index contributed by atoms with van der Waals surface area (Å²) in [5.74, 6) is -2.25. The average Bonchev–Trinajstić information content (AvgIpc) is 3.59. The number of likely N-dealkylation sites (tertiary alicyclic amines) is 1. The number of halogens is 2. The van der Waals surface area contributed by atoms with Gasteiger partial charge < -0.3 is 34.8 Å². The van der Waals surface area contributed by atoms with E-state index in [-0.39, 0.29) is 22.6 Å². The largest absolute Gasteiger partial charge is 0.478 e. The molecule has 4 N–H and O–H groups in total. The number of nitrogens with zero attached hydrogens (tertiary/aromatic N) is 4. The van der Waals surface area contributed by atoms with Crippen molar-refractivity contribution in [2.75, 3.05) is 71.4 Å². The number of carbonyl (C=O) groups is 1. The average molecular weight is 935 g/mol. The number of sulfonamides is 1. The van der Waals surface area contributed by atoms with Gasteiger partial charge in [-0.15, -0.1) is 11.8 Å². The van der Waals surface area contributed by atoms with Crippen LogP contribution in [0.15, 0.2) is 125 Å². The first kappa shape index (κ1) is 46.7. The Morgan fingerprint density at radius 3 is 2.15 bits per heavy atom. The highest BCUT2D eigenvalue weighted by Gasteiger charge is 2.28. The summed E-state index contributed by atoms with van der Waals surface area (Å²) >= 11 is 1.80. The summed E-state index contributed by atoms with van der Waals surface area (Å²) < 4.78 is 60.2. The molecule has 0 saturated carbocycles. The number of piperazine rings is 1. The minimum absolute atomic E-state index is 0.103. The first-order valence-corrected chi connectivity index (χ1v) is 24.8. The number of nitrogens with one attached hydrogen (secondary N) is 2. The number of carboxylic acid groups (broad SMARTS) is 1. The lowest BCUT2D eigenvalue weighted by atomic mass is 9.96. The van der Waals surface area contributed by atoms with Gasteiger partial charge in [0.15, 0.2) is 11.6 Å². The second-order valence-electron chi connectivity index (χ2n) is 17.2. The molecule has 0 bridgehead atoms. The highest BCUT2D eigenvalue weighted by atomic mass is 32.2. The Morgan fingerprint density at radius 1 is 0.788 bits per heavy atom. The highest BCUT2D eigenvalue weighted by molar-refractivity contribution is 7.99. The number of aliphatic hydroxyl groups is 1. The zero-order valence-corrected chi connectivity index (χ0v) is 39.0. The minimum atomic E-state index is -3.88. The van der Waals surface area contributed by atoms with E-state index in [0.717, 1.165) is 79.4 Å². The van der Waals surface area contributed by atoms with Crippen molar-refractivity contribution in [1.29, 1.82) is 0 Å². The molecular weight excluding hydrogens is 879 g/mol. The van der Waals surface area contributed by atoms with E-state index >= 15 is 0 Å². The summed E-state index contributed by atoms with van der Waals surface area (Å²) in [6.07, 6.45) is 2.30. The molecule has 0 amide bonds. The van der Waals surface area contributed by atoms with Gasteiger partial charge in [0.25, 0.3) is 10.0 Å². The fraction of sp³-hybridized carbons (Fsp3) is 0.314. The van der Waals surface area contributed by atoms with Crippen LogP contribution in [0.5, 0.6) is 0 Å². The number of aromatic nitrogens is 1. The van der Waals surface area contributed by atoms with E-state index in [1.54, 1.807) is 54.6 Å². The zero-order chi connectivity index (χ0) is 46.5. The van der Waals surface area contributed by atoms with Gasteiger partial charge in [-0.05, 0) is 129 Å². The molecule has 2 aliphatic heterocycles. The van der Waals surface area contributed by atoms with Crippen LogP contribution in [0.25, 0.3) is 22.4 Å². The van der Waals surface area contributed by atoms with Crippen molar-refractivity contribution in [3.63, 3.8) is 0 Å². The van der Waals surface area contributed by atoms with Crippen LogP contribution in [0.3, 0.4) is 0 Å². The Bertz CT molecular complexity index is 2770. The number of aliphatic hydroxyl groups excluding tert-OH is 1. The van der Waals surface area contributed by atoms with Crippen LogP contribution in [-0.2, 0) is 17.1 Å².